The minimum absolute atomic E-state index is 0.139. The smallest absolute Gasteiger partial charge is 0.328 e. The molecular formula is C30H42N4O5S2. The van der Waals surface area contributed by atoms with E-state index in [1.165, 1.54) is 40.9 Å². The second kappa shape index (κ2) is 14.0. The molecule has 2 N–H and O–H groups in total. The number of aryl methyl sites for hydroxylation is 2. The minimum Gasteiger partial charge on any atom is -0.467 e. The van der Waals surface area contributed by atoms with Gasteiger partial charge in [-0.15, -0.1) is 11.8 Å². The molecule has 0 radical (unpaired) electrons. The van der Waals surface area contributed by atoms with Gasteiger partial charge < -0.3 is 15.4 Å². The second-order valence-electron chi connectivity index (χ2n) is 11.2. The van der Waals surface area contributed by atoms with Gasteiger partial charge >= 0.3 is 5.97 Å². The Balaban J connectivity index is 1.27. The molecule has 0 aliphatic carbocycles. The highest BCUT2D eigenvalue weighted by Gasteiger charge is 2.51. The summed E-state index contributed by atoms with van der Waals surface area (Å²) in [6.07, 6.45) is 8.39. The first-order chi connectivity index (χ1) is 19.6. The van der Waals surface area contributed by atoms with Crippen LogP contribution in [0.3, 0.4) is 0 Å². The van der Waals surface area contributed by atoms with Crippen molar-refractivity contribution in [2.24, 2.45) is 0 Å². The topological polar surface area (TPSA) is 118 Å². The number of nitrogens with one attached hydrogen (secondary N) is 2. The number of sulfonamides is 1. The molecule has 3 heterocycles. The summed E-state index contributed by atoms with van der Waals surface area (Å²) in [6, 6.07) is 10.6. The van der Waals surface area contributed by atoms with Crippen LogP contribution in [-0.4, -0.2) is 65.9 Å². The number of pyridine rings is 1. The predicted octanol–water partition coefficient (Wildman–Crippen LogP) is 4.52. The third-order valence-corrected chi connectivity index (χ3v) is 11.2. The monoisotopic (exact) mass is 602 g/mol. The first-order valence-corrected chi connectivity index (χ1v) is 16.9. The van der Waals surface area contributed by atoms with Crippen LogP contribution in [0.4, 0.5) is 5.82 Å². The van der Waals surface area contributed by atoms with Crippen molar-refractivity contribution in [2.45, 2.75) is 93.4 Å². The van der Waals surface area contributed by atoms with E-state index in [0.717, 1.165) is 69.4 Å². The van der Waals surface area contributed by atoms with Gasteiger partial charge in [0, 0.05) is 17.0 Å². The number of esters is 1. The molecule has 1 aromatic carbocycles. The van der Waals surface area contributed by atoms with Gasteiger partial charge in [0.1, 0.15) is 17.9 Å². The molecule has 2 aliphatic heterocycles. The molecule has 4 rings (SSSR count). The van der Waals surface area contributed by atoms with Gasteiger partial charge in [-0.2, -0.15) is 4.31 Å². The van der Waals surface area contributed by atoms with Crippen LogP contribution in [0.2, 0.25) is 0 Å². The quantitative estimate of drug-likeness (QED) is 0.254. The summed E-state index contributed by atoms with van der Waals surface area (Å²) in [5.41, 5.74) is 2.41. The Kier molecular flexibility index (Phi) is 10.7. The summed E-state index contributed by atoms with van der Waals surface area (Å²) in [6.45, 7) is 4.69. The van der Waals surface area contributed by atoms with E-state index in [2.05, 4.69) is 22.8 Å². The van der Waals surface area contributed by atoms with Gasteiger partial charge in [0.25, 0.3) is 0 Å². The molecule has 41 heavy (non-hydrogen) atoms. The van der Waals surface area contributed by atoms with Crippen molar-refractivity contribution < 1.29 is 22.7 Å². The summed E-state index contributed by atoms with van der Waals surface area (Å²) in [7, 11) is -2.59. The van der Waals surface area contributed by atoms with E-state index in [1.54, 1.807) is 18.2 Å². The van der Waals surface area contributed by atoms with E-state index >= 15 is 0 Å². The van der Waals surface area contributed by atoms with Crippen LogP contribution in [0.15, 0.2) is 47.4 Å². The van der Waals surface area contributed by atoms with Crippen molar-refractivity contribution >= 4 is 39.5 Å². The molecule has 1 fully saturated rings. The largest absolute Gasteiger partial charge is 0.467 e. The number of aromatic nitrogens is 1. The highest BCUT2D eigenvalue weighted by molar-refractivity contribution is 8.02. The molecule has 1 aromatic heterocycles. The van der Waals surface area contributed by atoms with Crippen molar-refractivity contribution in [2.75, 3.05) is 24.8 Å². The molecule has 9 nitrogen and oxygen atoms in total. The highest BCUT2D eigenvalue weighted by Crippen LogP contribution is 2.42. The zero-order chi connectivity index (χ0) is 29.5. The number of fused-ring (bicyclic) bond motifs is 1. The minimum atomic E-state index is -3.89. The Morgan fingerprint density at radius 3 is 2.61 bits per heavy atom. The van der Waals surface area contributed by atoms with Crippen molar-refractivity contribution in [3.8, 4) is 0 Å². The molecule has 0 bridgehead atoms. The predicted molar refractivity (Wildman–Crippen MR) is 162 cm³/mol. The number of anilines is 1. The molecule has 1 saturated heterocycles. The Bertz CT molecular complexity index is 1300. The summed E-state index contributed by atoms with van der Waals surface area (Å²) in [4.78, 5) is 31.0. The number of benzene rings is 1. The number of rotatable bonds is 13. The Morgan fingerprint density at radius 1 is 1.12 bits per heavy atom. The third kappa shape index (κ3) is 7.81. The molecule has 2 atom stereocenters. The molecule has 2 aliphatic rings. The maximum Gasteiger partial charge on any atom is 0.328 e. The van der Waals surface area contributed by atoms with E-state index < -0.39 is 38.7 Å². The number of methoxy groups -OCH3 is 1. The lowest BCUT2D eigenvalue weighted by molar-refractivity contribution is -0.145. The average molecular weight is 603 g/mol. The molecule has 2 aromatic rings. The van der Waals surface area contributed by atoms with E-state index in [-0.39, 0.29) is 10.8 Å². The van der Waals surface area contributed by atoms with Gasteiger partial charge in [0.05, 0.1) is 17.9 Å². The molecule has 224 valence electrons. The van der Waals surface area contributed by atoms with Crippen LogP contribution in [-0.2, 0) is 37.2 Å². The molecule has 0 unspecified atom stereocenters. The standard InChI is InChI=1S/C30H42N4O5S2/c1-30(2)26(34(21-40-30)41(37,38)24-15-9-7-10-16-24)28(35)33-25(29(36)39-3)17-11-6-4-5-8-14-23-19-18-22-13-12-20-31-27(22)32-23/h7,9-10,15-16,18-19,25-26H,4-6,8,11-14,17,20-21H2,1-3H3,(H,31,32)(H,33,35)/t25-,26-/m0/s1. The second-order valence-corrected chi connectivity index (χ2v) is 14.7. The van der Waals surface area contributed by atoms with E-state index in [9.17, 15) is 18.0 Å². The van der Waals surface area contributed by atoms with Crippen LogP contribution in [0, 0.1) is 0 Å². The highest BCUT2D eigenvalue weighted by atomic mass is 32.2. The Morgan fingerprint density at radius 2 is 1.85 bits per heavy atom. The number of nitrogens with zero attached hydrogens (tertiary/aromatic N) is 2. The lowest BCUT2D eigenvalue weighted by Crippen LogP contribution is -2.56. The number of hydrogen-bond acceptors (Lipinski definition) is 8. The lowest BCUT2D eigenvalue weighted by atomic mass is 10.0. The van der Waals surface area contributed by atoms with Crippen molar-refractivity contribution in [3.05, 3.63) is 53.7 Å². The summed E-state index contributed by atoms with van der Waals surface area (Å²) in [5.74, 6) is 0.182. The van der Waals surface area contributed by atoms with Gasteiger partial charge in [0.2, 0.25) is 15.9 Å². The van der Waals surface area contributed by atoms with Gasteiger partial charge in [0.15, 0.2) is 0 Å². The number of carbonyl (C=O) groups excluding carboxylic acids is 2. The lowest BCUT2D eigenvalue weighted by Gasteiger charge is -2.31. The van der Waals surface area contributed by atoms with Crippen LogP contribution >= 0.6 is 11.8 Å². The maximum absolute atomic E-state index is 13.5. The van der Waals surface area contributed by atoms with Crippen LogP contribution in [0.1, 0.15) is 70.1 Å². The number of ether oxygens (including phenoxy) is 1. The fraction of sp³-hybridized carbons (Fsp3) is 0.567. The number of amides is 1. The summed E-state index contributed by atoms with van der Waals surface area (Å²) >= 11 is 1.40. The van der Waals surface area contributed by atoms with Gasteiger partial charge in [-0.3, -0.25) is 4.79 Å². The van der Waals surface area contributed by atoms with E-state index in [1.807, 2.05) is 13.8 Å². The summed E-state index contributed by atoms with van der Waals surface area (Å²) in [5, 5.41) is 6.21. The van der Waals surface area contributed by atoms with Crippen molar-refractivity contribution in [1.82, 2.24) is 14.6 Å². The van der Waals surface area contributed by atoms with Gasteiger partial charge in [-0.25, -0.2) is 18.2 Å². The van der Waals surface area contributed by atoms with Crippen LogP contribution in [0.25, 0.3) is 0 Å². The zero-order valence-electron chi connectivity index (χ0n) is 24.2. The number of unbranched alkanes of at least 4 members (excludes halogenated alkanes) is 4. The molecule has 1 amide bonds. The van der Waals surface area contributed by atoms with Crippen LogP contribution in [0.5, 0.6) is 0 Å². The first-order valence-electron chi connectivity index (χ1n) is 14.5. The van der Waals surface area contributed by atoms with Gasteiger partial charge in [-0.05, 0) is 69.7 Å². The number of hydrogen-bond donors (Lipinski definition) is 2. The molecule has 0 spiro atoms. The van der Waals surface area contributed by atoms with E-state index in [4.69, 9.17) is 9.72 Å². The van der Waals surface area contributed by atoms with Crippen molar-refractivity contribution in [1.29, 1.82) is 0 Å². The summed E-state index contributed by atoms with van der Waals surface area (Å²) < 4.78 is 32.3. The Hall–Kier alpha value is -2.63. The average Bonchev–Trinajstić information content (AvgIpc) is 3.31. The maximum atomic E-state index is 13.5. The molecule has 11 heteroatoms. The van der Waals surface area contributed by atoms with E-state index in [0.29, 0.717) is 6.42 Å². The third-order valence-electron chi connectivity index (χ3n) is 7.79. The fourth-order valence-corrected chi connectivity index (χ4v) is 8.64. The van der Waals surface area contributed by atoms with Crippen LogP contribution < -0.4 is 10.6 Å². The normalized spacial score (nSPS) is 19.1. The zero-order valence-corrected chi connectivity index (χ0v) is 25.9. The Labute approximate surface area is 248 Å². The number of thioether (sulfide) groups is 1. The first kappa shape index (κ1) is 31.3. The SMILES string of the molecule is COC(=O)[C@H](CCCCCCCc1ccc2c(n1)NCCC2)NC(=O)[C@@H]1N(S(=O)(=O)c2ccccc2)CSC1(C)C. The fourth-order valence-electron chi connectivity index (χ4n) is 5.45. The molecular weight excluding hydrogens is 560 g/mol. The van der Waals surface area contributed by atoms with Crippen molar-refractivity contribution in [3.63, 3.8) is 0 Å². The number of carbonyl (C=O) groups is 2. The van der Waals surface area contributed by atoms with Gasteiger partial charge in [-0.1, -0.05) is 49.9 Å². The molecule has 0 saturated carbocycles.